The number of benzene rings is 2. The van der Waals surface area contributed by atoms with E-state index in [2.05, 4.69) is 31.9 Å². The zero-order valence-corrected chi connectivity index (χ0v) is 16.0. The molecule has 5 nitrogen and oxygen atoms in total. The van der Waals surface area contributed by atoms with E-state index in [1.807, 2.05) is 30.3 Å². The lowest BCUT2D eigenvalue weighted by molar-refractivity contribution is -0.114. The average Bonchev–Trinajstić information content (AvgIpc) is 3.13. The first-order valence-electron chi connectivity index (χ1n) is 8.81. The molecule has 136 valence electrons. The predicted molar refractivity (Wildman–Crippen MR) is 107 cm³/mol. The lowest BCUT2D eigenvalue weighted by Crippen LogP contribution is -2.33. The number of halogens is 1. The van der Waals surface area contributed by atoms with Gasteiger partial charge in [-0.25, -0.2) is 0 Å². The maximum Gasteiger partial charge on any atom is 0.253 e. The quantitative estimate of drug-likeness (QED) is 0.662. The molecule has 3 rings (SSSR count). The summed E-state index contributed by atoms with van der Waals surface area (Å²) in [5.74, 6) is -0.334. The van der Waals surface area contributed by atoms with E-state index < -0.39 is 0 Å². The Hall–Kier alpha value is -2.34. The third-order valence-corrected chi connectivity index (χ3v) is 4.91. The minimum atomic E-state index is -0.203. The molecule has 0 radical (unpaired) electrons. The molecule has 26 heavy (non-hydrogen) atoms. The molecule has 1 saturated carbocycles. The van der Waals surface area contributed by atoms with Crippen LogP contribution < -0.4 is 16.0 Å². The fraction of sp³-hybridized carbons (Fsp3) is 0.300. The zero-order chi connectivity index (χ0) is 18.4. The minimum Gasteiger partial charge on any atom is -0.376 e. The molecule has 0 spiro atoms. The molecule has 2 aromatic rings. The van der Waals surface area contributed by atoms with Crippen molar-refractivity contribution in [2.24, 2.45) is 0 Å². The molecule has 2 amide bonds. The van der Waals surface area contributed by atoms with Crippen LogP contribution in [0.15, 0.2) is 53.0 Å². The Kier molecular flexibility index (Phi) is 6.28. The van der Waals surface area contributed by atoms with Crippen molar-refractivity contribution in [3.63, 3.8) is 0 Å². The van der Waals surface area contributed by atoms with Crippen LogP contribution in [0.3, 0.4) is 0 Å². The van der Waals surface area contributed by atoms with Crippen LogP contribution in [-0.2, 0) is 4.79 Å². The maximum absolute atomic E-state index is 12.5. The first-order valence-corrected chi connectivity index (χ1v) is 9.60. The number of nitrogens with one attached hydrogen (secondary N) is 3. The second-order valence-corrected chi connectivity index (χ2v) is 7.33. The standard InChI is InChI=1S/C20H22BrN3O2/c21-14-6-5-9-16(12-14)22-13-19(25)24-18-11-4-3-10-17(18)20(26)23-15-7-1-2-8-15/h3-6,9-12,15,22H,1-2,7-8,13H2,(H,23,26)(H,24,25). The van der Waals surface area contributed by atoms with Crippen molar-refractivity contribution in [3.8, 4) is 0 Å². The summed E-state index contributed by atoms with van der Waals surface area (Å²) < 4.78 is 0.942. The maximum atomic E-state index is 12.5. The van der Waals surface area contributed by atoms with Gasteiger partial charge in [0.05, 0.1) is 17.8 Å². The fourth-order valence-corrected chi connectivity index (χ4v) is 3.50. The van der Waals surface area contributed by atoms with E-state index in [0.717, 1.165) is 35.8 Å². The molecule has 2 aromatic carbocycles. The van der Waals surface area contributed by atoms with Crippen molar-refractivity contribution < 1.29 is 9.59 Å². The molecule has 0 bridgehead atoms. The van der Waals surface area contributed by atoms with Gasteiger partial charge in [0.15, 0.2) is 0 Å². The van der Waals surface area contributed by atoms with Gasteiger partial charge < -0.3 is 16.0 Å². The first-order chi connectivity index (χ1) is 12.6. The number of amides is 2. The highest BCUT2D eigenvalue weighted by atomic mass is 79.9. The van der Waals surface area contributed by atoms with Crippen molar-refractivity contribution in [2.75, 3.05) is 17.2 Å². The van der Waals surface area contributed by atoms with Crippen LogP contribution >= 0.6 is 15.9 Å². The van der Waals surface area contributed by atoms with Gasteiger partial charge in [-0.05, 0) is 43.2 Å². The molecule has 3 N–H and O–H groups in total. The number of para-hydroxylation sites is 1. The third kappa shape index (κ3) is 5.08. The highest BCUT2D eigenvalue weighted by molar-refractivity contribution is 9.10. The van der Waals surface area contributed by atoms with Gasteiger partial charge in [0, 0.05) is 16.2 Å². The molecule has 0 aliphatic heterocycles. The molecule has 0 unspecified atom stereocenters. The Balaban J connectivity index is 1.60. The Morgan fingerprint density at radius 1 is 1.04 bits per heavy atom. The van der Waals surface area contributed by atoms with Crippen molar-refractivity contribution in [1.82, 2.24) is 5.32 Å². The van der Waals surface area contributed by atoms with Gasteiger partial charge >= 0.3 is 0 Å². The van der Waals surface area contributed by atoms with Gasteiger partial charge in [-0.3, -0.25) is 9.59 Å². The van der Waals surface area contributed by atoms with Crippen LogP contribution in [0.5, 0.6) is 0 Å². The first kappa shape index (κ1) is 18.5. The molecule has 6 heteroatoms. The van der Waals surface area contributed by atoms with Crippen LogP contribution in [-0.4, -0.2) is 24.4 Å². The van der Waals surface area contributed by atoms with E-state index >= 15 is 0 Å². The van der Waals surface area contributed by atoms with Gasteiger partial charge in [0.1, 0.15) is 0 Å². The summed E-state index contributed by atoms with van der Waals surface area (Å²) in [5, 5.41) is 8.96. The number of rotatable bonds is 6. The second kappa shape index (κ2) is 8.85. The summed E-state index contributed by atoms with van der Waals surface area (Å²) in [6, 6.07) is 14.9. The normalized spacial score (nSPS) is 14.0. The van der Waals surface area contributed by atoms with Crippen LogP contribution in [0, 0.1) is 0 Å². The lowest BCUT2D eigenvalue weighted by atomic mass is 10.1. The molecule has 0 heterocycles. The third-order valence-electron chi connectivity index (χ3n) is 4.41. The number of hydrogen-bond donors (Lipinski definition) is 3. The van der Waals surface area contributed by atoms with E-state index in [-0.39, 0.29) is 24.4 Å². The molecule has 1 aliphatic carbocycles. The van der Waals surface area contributed by atoms with Crippen LogP contribution in [0.2, 0.25) is 0 Å². The average molecular weight is 416 g/mol. The van der Waals surface area contributed by atoms with Crippen LogP contribution in [0.4, 0.5) is 11.4 Å². The highest BCUT2D eigenvalue weighted by Crippen LogP contribution is 2.20. The summed E-state index contributed by atoms with van der Waals surface area (Å²) in [6.07, 6.45) is 4.36. The highest BCUT2D eigenvalue weighted by Gasteiger charge is 2.20. The summed E-state index contributed by atoms with van der Waals surface area (Å²) in [4.78, 5) is 24.8. The van der Waals surface area contributed by atoms with Crippen molar-refractivity contribution in [2.45, 2.75) is 31.7 Å². The Bertz CT molecular complexity index is 788. The molecule has 0 atom stereocenters. The van der Waals surface area contributed by atoms with E-state index in [9.17, 15) is 9.59 Å². The van der Waals surface area contributed by atoms with Gasteiger partial charge in [-0.1, -0.05) is 47.0 Å². The zero-order valence-electron chi connectivity index (χ0n) is 14.4. The number of hydrogen-bond acceptors (Lipinski definition) is 3. The van der Waals surface area contributed by atoms with Gasteiger partial charge in [0.25, 0.3) is 5.91 Å². The van der Waals surface area contributed by atoms with Crippen LogP contribution in [0.25, 0.3) is 0 Å². The van der Waals surface area contributed by atoms with Crippen LogP contribution in [0.1, 0.15) is 36.0 Å². The number of carbonyl (C=O) groups is 2. The fourth-order valence-electron chi connectivity index (χ4n) is 3.10. The Morgan fingerprint density at radius 2 is 1.81 bits per heavy atom. The molecular formula is C20H22BrN3O2. The SMILES string of the molecule is O=C(CNc1cccc(Br)c1)Nc1ccccc1C(=O)NC1CCCC1. The van der Waals surface area contributed by atoms with E-state index in [1.54, 1.807) is 18.2 Å². The Labute approximate surface area is 161 Å². The molecular weight excluding hydrogens is 394 g/mol. The van der Waals surface area contributed by atoms with Gasteiger partial charge in [0.2, 0.25) is 5.91 Å². The van der Waals surface area contributed by atoms with E-state index in [4.69, 9.17) is 0 Å². The van der Waals surface area contributed by atoms with Gasteiger partial charge in [-0.2, -0.15) is 0 Å². The van der Waals surface area contributed by atoms with Gasteiger partial charge in [-0.15, -0.1) is 0 Å². The molecule has 1 aliphatic rings. The monoisotopic (exact) mass is 415 g/mol. The molecule has 1 fully saturated rings. The summed E-state index contributed by atoms with van der Waals surface area (Å²) in [6.45, 7) is 0.120. The van der Waals surface area contributed by atoms with Crippen molar-refractivity contribution in [1.29, 1.82) is 0 Å². The summed E-state index contributed by atoms with van der Waals surface area (Å²) in [5.41, 5.74) is 1.88. The number of carbonyl (C=O) groups excluding carboxylic acids is 2. The van der Waals surface area contributed by atoms with Crippen molar-refractivity contribution >= 4 is 39.1 Å². The Morgan fingerprint density at radius 3 is 2.58 bits per heavy atom. The largest absolute Gasteiger partial charge is 0.376 e. The summed E-state index contributed by atoms with van der Waals surface area (Å²) in [7, 11) is 0. The predicted octanol–water partition coefficient (Wildman–Crippen LogP) is 4.17. The van der Waals surface area contributed by atoms with E-state index in [0.29, 0.717) is 11.3 Å². The molecule has 0 saturated heterocycles. The number of anilines is 2. The minimum absolute atomic E-state index is 0.120. The second-order valence-electron chi connectivity index (χ2n) is 6.41. The van der Waals surface area contributed by atoms with Crippen molar-refractivity contribution in [3.05, 3.63) is 58.6 Å². The lowest BCUT2D eigenvalue weighted by Gasteiger charge is -2.15. The topological polar surface area (TPSA) is 70.2 Å². The molecule has 0 aromatic heterocycles. The smallest absolute Gasteiger partial charge is 0.253 e. The summed E-state index contributed by atoms with van der Waals surface area (Å²) >= 11 is 3.40. The van der Waals surface area contributed by atoms with E-state index in [1.165, 1.54) is 0 Å².